The Labute approximate surface area is 111 Å². The Kier molecular flexibility index (Phi) is 6.56. The lowest BCUT2D eigenvalue weighted by Gasteiger charge is -2.24. The van der Waals surface area contributed by atoms with E-state index in [4.69, 9.17) is 0 Å². The van der Waals surface area contributed by atoms with E-state index in [1.165, 1.54) is 0 Å². The predicted octanol–water partition coefficient (Wildman–Crippen LogP) is 2.47. The zero-order chi connectivity index (χ0) is 13.7. The molecule has 0 fully saturated rings. The van der Waals surface area contributed by atoms with Gasteiger partial charge in [-0.05, 0) is 17.9 Å². The molecule has 4 heteroatoms. The summed E-state index contributed by atoms with van der Waals surface area (Å²) < 4.78 is 0. The molecular weight excluding hydrogens is 232 g/mol. The molecule has 0 aromatic heterocycles. The van der Waals surface area contributed by atoms with Crippen LogP contribution in [0, 0.1) is 10.8 Å². The van der Waals surface area contributed by atoms with Crippen molar-refractivity contribution in [3.63, 3.8) is 0 Å². The van der Waals surface area contributed by atoms with Gasteiger partial charge >= 0.3 is 0 Å². The van der Waals surface area contributed by atoms with Gasteiger partial charge in [0.15, 0.2) is 0 Å². The SMILES string of the molecule is CNC(SCC(C)(C)C)C(=O)NCC(C)(C)C. The molecule has 1 atom stereocenters. The van der Waals surface area contributed by atoms with Crippen LogP contribution in [0.1, 0.15) is 41.5 Å². The summed E-state index contributed by atoms with van der Waals surface area (Å²) in [6.45, 7) is 13.6. The van der Waals surface area contributed by atoms with Crippen LogP contribution in [0.2, 0.25) is 0 Å². The van der Waals surface area contributed by atoms with Gasteiger partial charge in [-0.15, -0.1) is 11.8 Å². The second-order valence-electron chi connectivity index (χ2n) is 6.82. The first kappa shape index (κ1) is 16.8. The van der Waals surface area contributed by atoms with Crippen molar-refractivity contribution >= 4 is 17.7 Å². The molecule has 0 heterocycles. The highest BCUT2D eigenvalue weighted by molar-refractivity contribution is 8.00. The van der Waals surface area contributed by atoms with Gasteiger partial charge in [-0.1, -0.05) is 41.5 Å². The quantitative estimate of drug-likeness (QED) is 0.746. The summed E-state index contributed by atoms with van der Waals surface area (Å²) >= 11 is 1.66. The second-order valence-corrected chi connectivity index (χ2v) is 7.91. The maximum absolute atomic E-state index is 11.9. The largest absolute Gasteiger partial charge is 0.353 e. The summed E-state index contributed by atoms with van der Waals surface area (Å²) in [6, 6.07) is 0. The maximum Gasteiger partial charge on any atom is 0.247 e. The molecule has 0 rings (SSSR count). The molecular formula is C13H28N2OS. The first-order valence-electron chi connectivity index (χ1n) is 6.12. The summed E-state index contributed by atoms with van der Waals surface area (Å²) in [5.41, 5.74) is 0.368. The van der Waals surface area contributed by atoms with Gasteiger partial charge in [0.1, 0.15) is 5.37 Å². The Bertz CT molecular complexity index is 241. The van der Waals surface area contributed by atoms with Crippen LogP contribution >= 0.6 is 11.8 Å². The third-order valence-corrected chi connectivity index (χ3v) is 3.79. The van der Waals surface area contributed by atoms with Crippen molar-refractivity contribution in [2.45, 2.75) is 46.9 Å². The molecule has 0 aliphatic rings. The first-order valence-corrected chi connectivity index (χ1v) is 7.17. The van der Waals surface area contributed by atoms with Gasteiger partial charge in [0.05, 0.1) is 0 Å². The minimum absolute atomic E-state index is 0.0803. The van der Waals surface area contributed by atoms with Gasteiger partial charge in [-0.25, -0.2) is 0 Å². The monoisotopic (exact) mass is 260 g/mol. The third-order valence-electron chi connectivity index (χ3n) is 1.98. The maximum atomic E-state index is 11.9. The van der Waals surface area contributed by atoms with Gasteiger partial charge in [-0.2, -0.15) is 0 Å². The number of carbonyl (C=O) groups excluding carboxylic acids is 1. The lowest BCUT2D eigenvalue weighted by atomic mass is 9.97. The summed E-state index contributed by atoms with van der Waals surface area (Å²) in [6.07, 6.45) is 0. The van der Waals surface area contributed by atoms with Gasteiger partial charge in [0.2, 0.25) is 5.91 Å². The molecule has 0 spiro atoms. The normalized spacial score (nSPS) is 14.5. The summed E-state index contributed by atoms with van der Waals surface area (Å²) in [5.74, 6) is 1.04. The lowest BCUT2D eigenvalue weighted by molar-refractivity contribution is -0.121. The fourth-order valence-electron chi connectivity index (χ4n) is 1.07. The van der Waals surface area contributed by atoms with E-state index in [-0.39, 0.29) is 22.1 Å². The Hall–Kier alpha value is -0.220. The van der Waals surface area contributed by atoms with Crippen LogP contribution in [0.25, 0.3) is 0 Å². The van der Waals surface area contributed by atoms with Crippen LogP contribution < -0.4 is 10.6 Å². The molecule has 17 heavy (non-hydrogen) atoms. The van der Waals surface area contributed by atoms with E-state index < -0.39 is 0 Å². The van der Waals surface area contributed by atoms with E-state index in [9.17, 15) is 4.79 Å². The zero-order valence-corrected chi connectivity index (χ0v) is 13.1. The third kappa shape index (κ3) is 9.48. The van der Waals surface area contributed by atoms with E-state index in [2.05, 4.69) is 52.2 Å². The van der Waals surface area contributed by atoms with Crippen molar-refractivity contribution in [1.82, 2.24) is 10.6 Å². The van der Waals surface area contributed by atoms with Crippen LogP contribution in [0.15, 0.2) is 0 Å². The molecule has 1 unspecified atom stereocenters. The number of thioether (sulfide) groups is 1. The van der Waals surface area contributed by atoms with Gasteiger partial charge in [0, 0.05) is 12.3 Å². The molecule has 0 aromatic rings. The zero-order valence-electron chi connectivity index (χ0n) is 12.3. The number of carbonyl (C=O) groups is 1. The summed E-state index contributed by atoms with van der Waals surface area (Å²) in [5, 5.41) is 5.89. The number of nitrogens with one attached hydrogen (secondary N) is 2. The molecule has 1 amide bonds. The molecule has 0 aliphatic heterocycles. The average Bonchev–Trinajstić information content (AvgIpc) is 2.12. The van der Waals surface area contributed by atoms with E-state index in [0.717, 1.165) is 5.75 Å². The number of hydrogen-bond acceptors (Lipinski definition) is 3. The molecule has 2 N–H and O–H groups in total. The smallest absolute Gasteiger partial charge is 0.247 e. The van der Waals surface area contributed by atoms with Crippen molar-refractivity contribution in [2.75, 3.05) is 19.3 Å². The van der Waals surface area contributed by atoms with E-state index >= 15 is 0 Å². The van der Waals surface area contributed by atoms with Crippen molar-refractivity contribution < 1.29 is 4.79 Å². The fourth-order valence-corrected chi connectivity index (χ4v) is 2.14. The number of rotatable bonds is 5. The van der Waals surface area contributed by atoms with Crippen molar-refractivity contribution in [3.8, 4) is 0 Å². The summed E-state index contributed by atoms with van der Waals surface area (Å²) in [7, 11) is 1.83. The van der Waals surface area contributed by atoms with Crippen molar-refractivity contribution in [2.24, 2.45) is 10.8 Å². The van der Waals surface area contributed by atoms with Gasteiger partial charge in [-0.3, -0.25) is 4.79 Å². The van der Waals surface area contributed by atoms with Crippen molar-refractivity contribution in [3.05, 3.63) is 0 Å². The Morgan fingerprint density at radius 3 is 2.00 bits per heavy atom. The van der Waals surface area contributed by atoms with E-state index in [0.29, 0.717) is 6.54 Å². The highest BCUT2D eigenvalue weighted by atomic mass is 32.2. The Morgan fingerprint density at radius 2 is 1.65 bits per heavy atom. The molecule has 0 saturated carbocycles. The predicted molar refractivity (Wildman–Crippen MR) is 77.2 cm³/mol. The van der Waals surface area contributed by atoms with E-state index in [1.54, 1.807) is 11.8 Å². The van der Waals surface area contributed by atoms with Crippen LogP contribution in [-0.4, -0.2) is 30.6 Å². The molecule has 0 saturated heterocycles. The van der Waals surface area contributed by atoms with Crippen LogP contribution in [-0.2, 0) is 4.79 Å². The number of likely N-dealkylation sites (N-methyl/N-ethyl adjacent to an activating group) is 1. The Morgan fingerprint density at radius 1 is 1.12 bits per heavy atom. The molecule has 0 radical (unpaired) electrons. The first-order chi connectivity index (χ1) is 7.55. The topological polar surface area (TPSA) is 41.1 Å². The number of hydrogen-bond donors (Lipinski definition) is 2. The lowest BCUT2D eigenvalue weighted by Crippen LogP contribution is -2.43. The average molecular weight is 260 g/mol. The molecule has 102 valence electrons. The molecule has 0 aliphatic carbocycles. The number of amides is 1. The standard InChI is InChI=1S/C13H28N2OS/c1-12(2,3)8-15-10(16)11(14-7)17-9-13(4,5)6/h11,14H,8-9H2,1-7H3,(H,15,16). The van der Waals surface area contributed by atoms with Gasteiger partial charge < -0.3 is 10.6 Å². The highest BCUT2D eigenvalue weighted by Gasteiger charge is 2.21. The minimum atomic E-state index is -0.156. The van der Waals surface area contributed by atoms with Gasteiger partial charge in [0.25, 0.3) is 0 Å². The highest BCUT2D eigenvalue weighted by Crippen LogP contribution is 2.23. The second kappa shape index (κ2) is 6.64. The molecule has 3 nitrogen and oxygen atoms in total. The summed E-state index contributed by atoms with van der Waals surface area (Å²) in [4.78, 5) is 11.9. The molecule has 0 aromatic carbocycles. The minimum Gasteiger partial charge on any atom is -0.353 e. The Balaban J connectivity index is 4.14. The van der Waals surface area contributed by atoms with Crippen LogP contribution in [0.3, 0.4) is 0 Å². The van der Waals surface area contributed by atoms with Crippen LogP contribution in [0.4, 0.5) is 0 Å². The van der Waals surface area contributed by atoms with Crippen molar-refractivity contribution in [1.29, 1.82) is 0 Å². The molecule has 0 bridgehead atoms. The fraction of sp³-hybridized carbons (Fsp3) is 0.923. The van der Waals surface area contributed by atoms with Crippen LogP contribution in [0.5, 0.6) is 0 Å². The van der Waals surface area contributed by atoms with E-state index in [1.807, 2.05) is 7.05 Å².